The summed E-state index contributed by atoms with van der Waals surface area (Å²) in [5.41, 5.74) is 2.58. The van der Waals surface area contributed by atoms with Gasteiger partial charge in [-0.2, -0.15) is 9.61 Å². The molecule has 0 atom stereocenters. The lowest BCUT2D eigenvalue weighted by molar-refractivity contribution is 0.474. The number of nitrogens with one attached hydrogen (secondary N) is 1. The Hall–Kier alpha value is -3.29. The molecule has 0 saturated heterocycles. The van der Waals surface area contributed by atoms with Crippen LogP contribution < -0.4 is 5.32 Å². The van der Waals surface area contributed by atoms with Gasteiger partial charge in [-0.05, 0) is 12.1 Å². The maximum Gasteiger partial charge on any atom is 0.235 e. The SMILES string of the molecule is Cc1nnc(CNc2cc(-c3ccncc3)nc3ccnn23)o1. The van der Waals surface area contributed by atoms with Crippen LogP contribution in [0.2, 0.25) is 0 Å². The van der Waals surface area contributed by atoms with E-state index in [4.69, 9.17) is 4.42 Å². The van der Waals surface area contributed by atoms with E-state index in [0.29, 0.717) is 18.3 Å². The minimum atomic E-state index is 0.412. The molecule has 1 N–H and O–H groups in total. The first-order chi connectivity index (χ1) is 11.3. The van der Waals surface area contributed by atoms with Gasteiger partial charge in [-0.25, -0.2) is 4.98 Å². The van der Waals surface area contributed by atoms with Crippen LogP contribution in [0, 0.1) is 6.92 Å². The van der Waals surface area contributed by atoms with Crippen molar-refractivity contribution in [2.24, 2.45) is 0 Å². The molecule has 0 aliphatic rings. The van der Waals surface area contributed by atoms with Crippen molar-refractivity contribution in [1.29, 1.82) is 0 Å². The fourth-order valence-corrected chi connectivity index (χ4v) is 2.28. The fraction of sp³-hybridized carbons (Fsp3) is 0.133. The van der Waals surface area contributed by atoms with Gasteiger partial charge in [0.05, 0.1) is 18.4 Å². The van der Waals surface area contributed by atoms with Crippen molar-refractivity contribution >= 4 is 11.5 Å². The average molecular weight is 307 g/mol. The summed E-state index contributed by atoms with van der Waals surface area (Å²) < 4.78 is 7.11. The van der Waals surface area contributed by atoms with E-state index in [-0.39, 0.29) is 0 Å². The summed E-state index contributed by atoms with van der Waals surface area (Å²) in [4.78, 5) is 8.64. The molecule has 0 saturated carbocycles. The van der Waals surface area contributed by atoms with Crippen LogP contribution in [0.3, 0.4) is 0 Å². The molecular weight excluding hydrogens is 294 g/mol. The van der Waals surface area contributed by atoms with Crippen LogP contribution in [-0.4, -0.2) is 29.8 Å². The predicted molar refractivity (Wildman–Crippen MR) is 82.6 cm³/mol. The van der Waals surface area contributed by atoms with Crippen LogP contribution in [0.1, 0.15) is 11.8 Å². The average Bonchev–Trinajstić information content (AvgIpc) is 3.22. The topological polar surface area (TPSA) is 94.0 Å². The molecule has 4 aromatic heterocycles. The van der Waals surface area contributed by atoms with E-state index < -0.39 is 0 Å². The van der Waals surface area contributed by atoms with E-state index in [1.165, 1.54) is 0 Å². The molecule has 8 heteroatoms. The van der Waals surface area contributed by atoms with Crippen molar-refractivity contribution in [2.75, 3.05) is 5.32 Å². The summed E-state index contributed by atoms with van der Waals surface area (Å²) in [6.45, 7) is 2.17. The molecule has 0 aliphatic carbocycles. The first-order valence-corrected chi connectivity index (χ1v) is 7.07. The summed E-state index contributed by atoms with van der Waals surface area (Å²) in [7, 11) is 0. The van der Waals surface area contributed by atoms with Gasteiger partial charge in [0.25, 0.3) is 0 Å². The number of fused-ring (bicyclic) bond motifs is 1. The van der Waals surface area contributed by atoms with Gasteiger partial charge in [0.15, 0.2) is 5.65 Å². The van der Waals surface area contributed by atoms with Crippen molar-refractivity contribution < 1.29 is 4.42 Å². The molecule has 0 spiro atoms. The van der Waals surface area contributed by atoms with Crippen molar-refractivity contribution in [1.82, 2.24) is 29.8 Å². The van der Waals surface area contributed by atoms with E-state index >= 15 is 0 Å². The monoisotopic (exact) mass is 307 g/mol. The lowest BCUT2D eigenvalue weighted by Crippen LogP contribution is -2.07. The smallest absolute Gasteiger partial charge is 0.235 e. The van der Waals surface area contributed by atoms with Crippen molar-refractivity contribution in [3.8, 4) is 11.3 Å². The minimum absolute atomic E-state index is 0.412. The van der Waals surface area contributed by atoms with E-state index in [1.807, 2.05) is 24.3 Å². The van der Waals surface area contributed by atoms with Crippen LogP contribution in [0.4, 0.5) is 5.82 Å². The van der Waals surface area contributed by atoms with Gasteiger partial charge in [-0.3, -0.25) is 4.98 Å². The van der Waals surface area contributed by atoms with E-state index in [9.17, 15) is 0 Å². The Bertz CT molecular complexity index is 945. The van der Waals surface area contributed by atoms with Crippen LogP contribution in [0.25, 0.3) is 16.9 Å². The van der Waals surface area contributed by atoms with Gasteiger partial charge in [0.1, 0.15) is 5.82 Å². The molecule has 0 aromatic carbocycles. The highest BCUT2D eigenvalue weighted by molar-refractivity contribution is 5.65. The molecule has 0 fully saturated rings. The third-order valence-electron chi connectivity index (χ3n) is 3.32. The lowest BCUT2D eigenvalue weighted by atomic mass is 10.2. The molecule has 0 radical (unpaired) electrons. The summed E-state index contributed by atoms with van der Waals surface area (Å²) in [6.07, 6.45) is 5.19. The molecule has 4 rings (SSSR count). The van der Waals surface area contributed by atoms with E-state index in [2.05, 4.69) is 30.6 Å². The number of aryl methyl sites for hydroxylation is 1. The van der Waals surface area contributed by atoms with Crippen LogP contribution in [-0.2, 0) is 6.54 Å². The number of hydrogen-bond donors (Lipinski definition) is 1. The first kappa shape index (κ1) is 13.4. The molecule has 23 heavy (non-hydrogen) atoms. The molecule has 0 aliphatic heterocycles. The van der Waals surface area contributed by atoms with Crippen LogP contribution in [0.15, 0.2) is 47.3 Å². The number of rotatable bonds is 4. The second-order valence-corrected chi connectivity index (χ2v) is 4.93. The second-order valence-electron chi connectivity index (χ2n) is 4.93. The fourth-order valence-electron chi connectivity index (χ4n) is 2.28. The standard InChI is InChI=1S/C15H13N7O/c1-10-20-21-15(23-10)9-17-14-8-12(11-2-5-16-6-3-11)19-13-4-7-18-22(13)14/h2-8,17H,9H2,1H3. The zero-order chi connectivity index (χ0) is 15.6. The zero-order valence-electron chi connectivity index (χ0n) is 12.3. The normalized spacial score (nSPS) is 11.0. The Kier molecular flexibility index (Phi) is 3.19. The van der Waals surface area contributed by atoms with E-state index in [1.54, 1.807) is 30.0 Å². The highest BCUT2D eigenvalue weighted by atomic mass is 16.4. The highest BCUT2D eigenvalue weighted by Crippen LogP contribution is 2.21. The number of pyridine rings is 1. The first-order valence-electron chi connectivity index (χ1n) is 7.07. The Morgan fingerprint density at radius 3 is 2.78 bits per heavy atom. The second kappa shape index (κ2) is 5.48. The molecule has 8 nitrogen and oxygen atoms in total. The van der Waals surface area contributed by atoms with Gasteiger partial charge in [0.2, 0.25) is 11.8 Å². The molecule has 0 amide bonds. The van der Waals surface area contributed by atoms with Crippen LogP contribution in [0.5, 0.6) is 0 Å². The Morgan fingerprint density at radius 1 is 1.13 bits per heavy atom. The Labute approximate surface area is 131 Å². The summed E-state index contributed by atoms with van der Waals surface area (Å²) >= 11 is 0. The van der Waals surface area contributed by atoms with Crippen molar-refractivity contribution in [3.63, 3.8) is 0 Å². The van der Waals surface area contributed by atoms with Gasteiger partial charge < -0.3 is 9.73 Å². The third kappa shape index (κ3) is 2.61. The zero-order valence-corrected chi connectivity index (χ0v) is 12.3. The van der Waals surface area contributed by atoms with Crippen molar-refractivity contribution in [3.05, 3.63) is 54.6 Å². The number of aromatic nitrogens is 6. The number of hydrogen-bond acceptors (Lipinski definition) is 7. The summed E-state index contributed by atoms with van der Waals surface area (Å²) in [5.74, 6) is 1.85. The van der Waals surface area contributed by atoms with E-state index in [0.717, 1.165) is 22.7 Å². The van der Waals surface area contributed by atoms with Crippen molar-refractivity contribution in [2.45, 2.75) is 13.5 Å². The predicted octanol–water partition coefficient (Wildman–Crippen LogP) is 2.09. The molecule has 4 aromatic rings. The van der Waals surface area contributed by atoms with Gasteiger partial charge in [0, 0.05) is 37.0 Å². The molecular formula is C15H13N7O. The number of anilines is 1. The quantitative estimate of drug-likeness (QED) is 0.617. The largest absolute Gasteiger partial charge is 0.424 e. The maximum absolute atomic E-state index is 5.38. The third-order valence-corrected chi connectivity index (χ3v) is 3.32. The highest BCUT2D eigenvalue weighted by Gasteiger charge is 2.09. The molecule has 4 heterocycles. The van der Waals surface area contributed by atoms with Gasteiger partial charge in [-0.1, -0.05) is 0 Å². The Morgan fingerprint density at radius 2 is 2.00 bits per heavy atom. The van der Waals surface area contributed by atoms with Gasteiger partial charge >= 0.3 is 0 Å². The molecule has 114 valence electrons. The molecule has 0 bridgehead atoms. The summed E-state index contributed by atoms with van der Waals surface area (Å²) in [6, 6.07) is 7.62. The lowest BCUT2D eigenvalue weighted by Gasteiger charge is -2.09. The van der Waals surface area contributed by atoms with Crippen LogP contribution >= 0.6 is 0 Å². The Balaban J connectivity index is 1.71. The number of nitrogens with zero attached hydrogens (tertiary/aromatic N) is 6. The minimum Gasteiger partial charge on any atom is -0.424 e. The maximum atomic E-state index is 5.38. The summed E-state index contributed by atoms with van der Waals surface area (Å²) in [5, 5.41) is 15.3. The molecule has 0 unspecified atom stereocenters. The van der Waals surface area contributed by atoms with Gasteiger partial charge in [-0.15, -0.1) is 10.2 Å².